The van der Waals surface area contributed by atoms with Crippen molar-refractivity contribution >= 4 is 34.6 Å². The lowest BCUT2D eigenvalue weighted by atomic mass is 9.88. The lowest BCUT2D eigenvalue weighted by molar-refractivity contribution is -0.137. The summed E-state index contributed by atoms with van der Waals surface area (Å²) < 4.78 is 16.9. The van der Waals surface area contributed by atoms with Gasteiger partial charge in [0.15, 0.2) is 5.82 Å². The molecule has 0 atom stereocenters. The number of piperidine rings is 1. The summed E-state index contributed by atoms with van der Waals surface area (Å²) in [6.07, 6.45) is 7.22. The van der Waals surface area contributed by atoms with Crippen LogP contribution in [0.2, 0.25) is 0 Å². The van der Waals surface area contributed by atoms with Crippen LogP contribution in [0.4, 0.5) is 15.0 Å². The first-order valence-corrected chi connectivity index (χ1v) is 12.5. The molecular weight excluding hydrogens is 453 g/mol. The van der Waals surface area contributed by atoms with E-state index in [0.29, 0.717) is 16.8 Å². The van der Waals surface area contributed by atoms with Crippen LogP contribution in [0.3, 0.4) is 0 Å². The van der Waals surface area contributed by atoms with Crippen LogP contribution >= 0.6 is 0 Å². The van der Waals surface area contributed by atoms with Gasteiger partial charge in [-0.05, 0) is 68.9 Å². The first kappa shape index (κ1) is 25.1. The van der Waals surface area contributed by atoms with Crippen LogP contribution in [0.5, 0.6) is 0 Å². The number of amides is 3. The zero-order valence-electron chi connectivity index (χ0n) is 20.3. The molecule has 2 aromatic rings. The summed E-state index contributed by atoms with van der Waals surface area (Å²) in [4.78, 5) is 38.1. The van der Waals surface area contributed by atoms with E-state index in [9.17, 15) is 14.4 Å². The van der Waals surface area contributed by atoms with E-state index in [2.05, 4.69) is 15.3 Å². The number of carbonyl (C=O) groups is 3. The zero-order chi connectivity index (χ0) is 24.9. The molecule has 3 heterocycles. The summed E-state index contributed by atoms with van der Waals surface area (Å²) in [6.45, 7) is 3.11. The molecule has 35 heavy (non-hydrogen) atoms. The molecule has 3 amide bonds. The Morgan fingerprint density at radius 1 is 1.11 bits per heavy atom. The number of benzene rings is 1. The Kier molecular flexibility index (Phi) is 8.00. The largest absolute Gasteiger partial charge is 0.481 e. The summed E-state index contributed by atoms with van der Waals surface area (Å²) in [6, 6.07) is 2.82. The smallest absolute Gasteiger partial charge is 0.329 e. The minimum atomic E-state index is -0.723. The number of aliphatic carboxylic acids is 1. The van der Waals surface area contributed by atoms with E-state index in [4.69, 9.17) is 5.11 Å². The van der Waals surface area contributed by atoms with Crippen LogP contribution in [0, 0.1) is 5.82 Å². The van der Waals surface area contributed by atoms with Gasteiger partial charge in [0.25, 0.3) is 0 Å². The standard InChI is InChI=1S/C25H34FN5O4/c1-29-21-16-18(17-8-12-30(13-9-17)11-6-4-2-3-5-7-23(33)34)20(26)15-19(21)24(28-29)31-14-10-22(32)27-25(31)35/h15-17H,2-14H2,1H3,(H,33,34)(H,27,32,35). The molecule has 2 aliphatic rings. The Morgan fingerprint density at radius 3 is 2.54 bits per heavy atom. The van der Waals surface area contributed by atoms with Gasteiger partial charge in [-0.2, -0.15) is 5.10 Å². The van der Waals surface area contributed by atoms with Crippen LogP contribution in [0.1, 0.15) is 69.3 Å². The van der Waals surface area contributed by atoms with E-state index in [0.717, 1.165) is 70.1 Å². The summed E-state index contributed by atoms with van der Waals surface area (Å²) >= 11 is 0. The molecule has 2 N–H and O–H groups in total. The van der Waals surface area contributed by atoms with Crippen molar-refractivity contribution in [1.82, 2.24) is 20.0 Å². The molecule has 2 fully saturated rings. The highest BCUT2D eigenvalue weighted by atomic mass is 19.1. The van der Waals surface area contributed by atoms with Crippen molar-refractivity contribution in [2.45, 2.75) is 63.7 Å². The number of imide groups is 1. The number of rotatable bonds is 10. The Bertz CT molecular complexity index is 1090. The number of hydrogen-bond acceptors (Lipinski definition) is 5. The van der Waals surface area contributed by atoms with Crippen LogP contribution < -0.4 is 10.2 Å². The Morgan fingerprint density at radius 2 is 1.83 bits per heavy atom. The number of carboxylic acids is 1. The molecule has 190 valence electrons. The number of likely N-dealkylation sites (tertiary alicyclic amines) is 1. The van der Waals surface area contributed by atoms with Gasteiger partial charge in [-0.25, -0.2) is 9.18 Å². The molecule has 1 aromatic heterocycles. The number of hydrogen-bond donors (Lipinski definition) is 2. The van der Waals surface area contributed by atoms with Gasteiger partial charge < -0.3 is 10.0 Å². The topological polar surface area (TPSA) is 108 Å². The first-order chi connectivity index (χ1) is 16.8. The lowest BCUT2D eigenvalue weighted by Crippen LogP contribution is -2.49. The fourth-order valence-corrected chi connectivity index (χ4v) is 5.16. The fraction of sp³-hybridized carbons (Fsp3) is 0.600. The van der Waals surface area contributed by atoms with Crippen molar-refractivity contribution < 1.29 is 23.9 Å². The molecule has 9 nitrogen and oxygen atoms in total. The third kappa shape index (κ3) is 5.98. The number of fused-ring (bicyclic) bond motifs is 1. The van der Waals surface area contributed by atoms with Gasteiger partial charge in [0.05, 0.1) is 5.52 Å². The molecule has 0 unspecified atom stereocenters. The summed E-state index contributed by atoms with van der Waals surface area (Å²) in [7, 11) is 1.78. The fourth-order valence-electron chi connectivity index (χ4n) is 5.16. The van der Waals surface area contributed by atoms with Gasteiger partial charge in [0.1, 0.15) is 5.82 Å². The van der Waals surface area contributed by atoms with E-state index < -0.39 is 12.0 Å². The molecule has 1 aromatic carbocycles. The van der Waals surface area contributed by atoms with Gasteiger partial charge in [0.2, 0.25) is 5.91 Å². The molecular formula is C25H34FN5O4. The second-order valence-corrected chi connectivity index (χ2v) is 9.62. The van der Waals surface area contributed by atoms with Crippen LogP contribution in [0.15, 0.2) is 12.1 Å². The van der Waals surface area contributed by atoms with E-state index in [-0.39, 0.29) is 37.0 Å². The maximum atomic E-state index is 15.3. The number of carboxylic acid groups (broad SMARTS) is 1. The highest BCUT2D eigenvalue weighted by Gasteiger charge is 2.29. The van der Waals surface area contributed by atoms with Gasteiger partial charge in [0, 0.05) is 31.8 Å². The van der Waals surface area contributed by atoms with Crippen molar-refractivity contribution in [1.29, 1.82) is 0 Å². The Balaban J connectivity index is 1.33. The van der Waals surface area contributed by atoms with Crippen molar-refractivity contribution in [3.8, 4) is 0 Å². The third-order valence-electron chi connectivity index (χ3n) is 7.15. The maximum Gasteiger partial charge on any atom is 0.329 e. The third-order valence-corrected chi connectivity index (χ3v) is 7.15. The number of nitrogens with one attached hydrogen (secondary N) is 1. The molecule has 0 radical (unpaired) electrons. The zero-order valence-corrected chi connectivity index (χ0v) is 20.3. The van der Waals surface area contributed by atoms with Crippen molar-refractivity contribution in [3.05, 3.63) is 23.5 Å². The minimum Gasteiger partial charge on any atom is -0.481 e. The monoisotopic (exact) mass is 487 g/mol. The van der Waals surface area contributed by atoms with E-state index in [1.54, 1.807) is 11.7 Å². The summed E-state index contributed by atoms with van der Waals surface area (Å²) in [5.74, 6) is -0.807. The number of nitrogens with zero attached hydrogens (tertiary/aromatic N) is 4. The molecule has 0 saturated carbocycles. The second-order valence-electron chi connectivity index (χ2n) is 9.62. The molecule has 0 bridgehead atoms. The van der Waals surface area contributed by atoms with Gasteiger partial charge in [-0.3, -0.25) is 24.5 Å². The van der Waals surface area contributed by atoms with Crippen LogP contribution in [0.25, 0.3) is 10.9 Å². The van der Waals surface area contributed by atoms with Crippen molar-refractivity contribution in [2.75, 3.05) is 31.1 Å². The predicted molar refractivity (Wildman–Crippen MR) is 130 cm³/mol. The highest BCUT2D eigenvalue weighted by Crippen LogP contribution is 2.35. The number of anilines is 1. The predicted octanol–water partition coefficient (Wildman–Crippen LogP) is 3.76. The molecule has 2 saturated heterocycles. The first-order valence-electron chi connectivity index (χ1n) is 12.5. The quantitative estimate of drug-likeness (QED) is 0.494. The number of halogens is 1. The highest BCUT2D eigenvalue weighted by molar-refractivity contribution is 6.08. The number of carbonyl (C=O) groups excluding carboxylic acids is 2. The molecule has 0 spiro atoms. The van der Waals surface area contributed by atoms with Gasteiger partial charge in [-0.15, -0.1) is 0 Å². The lowest BCUT2D eigenvalue weighted by Gasteiger charge is -2.32. The summed E-state index contributed by atoms with van der Waals surface area (Å²) in [5.41, 5.74) is 1.47. The van der Waals surface area contributed by atoms with Crippen molar-refractivity contribution in [3.63, 3.8) is 0 Å². The Hall–Kier alpha value is -3.01. The molecule has 0 aliphatic carbocycles. The van der Waals surface area contributed by atoms with E-state index in [1.165, 1.54) is 11.0 Å². The number of urea groups is 1. The second kappa shape index (κ2) is 11.2. The average Bonchev–Trinajstić information content (AvgIpc) is 3.13. The molecule has 2 aliphatic heterocycles. The molecule has 10 heteroatoms. The molecule has 4 rings (SSSR count). The average molecular weight is 488 g/mol. The van der Waals surface area contributed by atoms with Gasteiger partial charge in [-0.1, -0.05) is 19.3 Å². The SMILES string of the molecule is Cn1nc(N2CCC(=O)NC2=O)c2cc(F)c(C3CCN(CCCCCCCC(=O)O)CC3)cc21. The number of aromatic nitrogens is 2. The maximum absolute atomic E-state index is 15.3. The number of unbranched alkanes of at least 4 members (excludes halogenated alkanes) is 4. The minimum absolute atomic E-state index is 0.140. The van der Waals surface area contributed by atoms with Crippen LogP contribution in [-0.2, 0) is 16.6 Å². The van der Waals surface area contributed by atoms with Gasteiger partial charge >= 0.3 is 12.0 Å². The van der Waals surface area contributed by atoms with E-state index >= 15 is 4.39 Å². The normalized spacial score (nSPS) is 17.8. The number of aryl methyl sites for hydroxylation is 1. The summed E-state index contributed by atoms with van der Waals surface area (Å²) in [5, 5.41) is 16.0. The van der Waals surface area contributed by atoms with Crippen LogP contribution in [-0.4, -0.2) is 63.9 Å². The van der Waals surface area contributed by atoms with E-state index in [1.807, 2.05) is 6.07 Å². The Labute approximate surface area is 204 Å². The van der Waals surface area contributed by atoms with Crippen molar-refractivity contribution in [2.24, 2.45) is 7.05 Å².